The Morgan fingerprint density at radius 2 is 2.13 bits per heavy atom. The zero-order valence-electron chi connectivity index (χ0n) is 14.4. The molecule has 1 amide bonds. The van der Waals surface area contributed by atoms with Crippen LogP contribution in [0.3, 0.4) is 0 Å². The van der Waals surface area contributed by atoms with Crippen molar-refractivity contribution in [1.82, 2.24) is 4.90 Å². The summed E-state index contributed by atoms with van der Waals surface area (Å²) < 4.78 is 5.72. The lowest BCUT2D eigenvalue weighted by atomic mass is 9.54. The number of ether oxygens (including phenoxy) is 1. The van der Waals surface area contributed by atoms with E-state index in [2.05, 4.69) is 0 Å². The van der Waals surface area contributed by atoms with E-state index in [1.165, 1.54) is 0 Å². The Labute approximate surface area is 143 Å². The summed E-state index contributed by atoms with van der Waals surface area (Å²) >= 11 is 6.03. The standard InChI is InChI=1S/C18H27ClN2O2/c1-5-21(12-13-8-7-9-14(19)10-13)16(22)18(20)11-15(23-6-2)17(18,3)4/h7-10,15H,5-6,11-12,20H2,1-4H3. The molecule has 1 aliphatic carbocycles. The number of amides is 1. The molecule has 0 spiro atoms. The highest BCUT2D eigenvalue weighted by Crippen LogP contribution is 2.50. The molecule has 23 heavy (non-hydrogen) atoms. The number of hydrogen-bond acceptors (Lipinski definition) is 3. The van der Waals surface area contributed by atoms with Crippen molar-refractivity contribution in [2.24, 2.45) is 11.1 Å². The normalized spacial score (nSPS) is 25.7. The molecule has 2 N–H and O–H groups in total. The number of nitrogens with two attached hydrogens (primary N) is 1. The fourth-order valence-corrected chi connectivity index (χ4v) is 3.48. The van der Waals surface area contributed by atoms with Crippen molar-refractivity contribution in [1.29, 1.82) is 0 Å². The van der Waals surface area contributed by atoms with Crippen LogP contribution in [0.15, 0.2) is 24.3 Å². The SMILES string of the molecule is CCOC1CC(N)(C(=O)N(CC)Cc2cccc(Cl)c2)C1(C)C. The molecular weight excluding hydrogens is 312 g/mol. The molecule has 2 unspecified atom stereocenters. The number of nitrogens with zero attached hydrogens (tertiary/aromatic N) is 1. The Morgan fingerprint density at radius 3 is 2.65 bits per heavy atom. The lowest BCUT2D eigenvalue weighted by molar-refractivity contribution is -0.179. The first-order valence-corrected chi connectivity index (χ1v) is 8.58. The van der Waals surface area contributed by atoms with Gasteiger partial charge in [-0.3, -0.25) is 4.79 Å². The van der Waals surface area contributed by atoms with Crippen LogP contribution in [0.5, 0.6) is 0 Å². The highest BCUT2D eigenvalue weighted by Gasteiger charge is 2.63. The van der Waals surface area contributed by atoms with Crippen molar-refractivity contribution in [3.63, 3.8) is 0 Å². The minimum Gasteiger partial charge on any atom is -0.378 e. The van der Waals surface area contributed by atoms with E-state index in [4.69, 9.17) is 22.1 Å². The average Bonchev–Trinajstić information content (AvgIpc) is 2.51. The quantitative estimate of drug-likeness (QED) is 0.866. The van der Waals surface area contributed by atoms with Crippen LogP contribution in [0.4, 0.5) is 0 Å². The van der Waals surface area contributed by atoms with Crippen LogP contribution in [-0.4, -0.2) is 35.6 Å². The molecule has 0 bridgehead atoms. The summed E-state index contributed by atoms with van der Waals surface area (Å²) in [6, 6.07) is 7.58. The van der Waals surface area contributed by atoms with Crippen molar-refractivity contribution in [2.45, 2.75) is 52.3 Å². The molecule has 0 aliphatic heterocycles. The number of carbonyl (C=O) groups is 1. The molecular formula is C18H27ClN2O2. The molecule has 1 aromatic rings. The Hall–Kier alpha value is -1.10. The molecule has 5 heteroatoms. The van der Waals surface area contributed by atoms with Gasteiger partial charge in [0.1, 0.15) is 5.54 Å². The van der Waals surface area contributed by atoms with E-state index in [0.717, 1.165) is 5.56 Å². The van der Waals surface area contributed by atoms with Crippen LogP contribution in [0.1, 0.15) is 39.7 Å². The van der Waals surface area contributed by atoms with Gasteiger partial charge in [-0.15, -0.1) is 0 Å². The largest absolute Gasteiger partial charge is 0.378 e. The third kappa shape index (κ3) is 3.25. The lowest BCUT2D eigenvalue weighted by Gasteiger charge is -2.58. The van der Waals surface area contributed by atoms with Crippen LogP contribution in [-0.2, 0) is 16.1 Å². The first-order chi connectivity index (χ1) is 10.8. The zero-order chi connectivity index (χ0) is 17.3. The van der Waals surface area contributed by atoms with Crippen LogP contribution >= 0.6 is 11.6 Å². The number of hydrogen-bond donors (Lipinski definition) is 1. The topological polar surface area (TPSA) is 55.6 Å². The van der Waals surface area contributed by atoms with Crippen molar-refractivity contribution < 1.29 is 9.53 Å². The summed E-state index contributed by atoms with van der Waals surface area (Å²) in [6.07, 6.45) is 0.602. The van der Waals surface area contributed by atoms with Crippen LogP contribution in [0.2, 0.25) is 5.02 Å². The smallest absolute Gasteiger partial charge is 0.243 e. The van der Waals surface area contributed by atoms with E-state index >= 15 is 0 Å². The number of benzene rings is 1. The molecule has 0 saturated heterocycles. The summed E-state index contributed by atoms with van der Waals surface area (Å²) in [7, 11) is 0. The molecule has 128 valence electrons. The van der Waals surface area contributed by atoms with E-state index in [0.29, 0.717) is 31.1 Å². The Balaban J connectivity index is 2.14. The maximum absolute atomic E-state index is 13.0. The van der Waals surface area contributed by atoms with Gasteiger partial charge in [0, 0.05) is 36.6 Å². The van der Waals surface area contributed by atoms with E-state index in [9.17, 15) is 4.79 Å². The summed E-state index contributed by atoms with van der Waals surface area (Å²) in [4.78, 5) is 14.8. The van der Waals surface area contributed by atoms with Gasteiger partial charge in [0.2, 0.25) is 5.91 Å². The second-order valence-electron chi connectivity index (χ2n) is 6.79. The first-order valence-electron chi connectivity index (χ1n) is 8.20. The summed E-state index contributed by atoms with van der Waals surface area (Å²) in [5.74, 6) is -0.0130. The maximum atomic E-state index is 13.0. The van der Waals surface area contributed by atoms with E-state index < -0.39 is 5.54 Å². The van der Waals surface area contributed by atoms with Gasteiger partial charge in [-0.05, 0) is 31.5 Å². The zero-order valence-corrected chi connectivity index (χ0v) is 15.2. The second-order valence-corrected chi connectivity index (χ2v) is 7.23. The predicted molar refractivity (Wildman–Crippen MR) is 93.3 cm³/mol. The Kier molecular flexibility index (Phi) is 5.39. The molecule has 0 heterocycles. The third-order valence-corrected chi connectivity index (χ3v) is 5.38. The summed E-state index contributed by atoms with van der Waals surface area (Å²) in [5, 5.41) is 0.675. The molecule has 1 aliphatic rings. The lowest BCUT2D eigenvalue weighted by Crippen LogP contribution is -2.76. The number of rotatable bonds is 6. The van der Waals surface area contributed by atoms with Gasteiger partial charge in [0.25, 0.3) is 0 Å². The predicted octanol–water partition coefficient (Wildman–Crippen LogP) is 3.22. The van der Waals surface area contributed by atoms with Gasteiger partial charge in [-0.2, -0.15) is 0 Å². The van der Waals surface area contributed by atoms with Gasteiger partial charge in [0.05, 0.1) is 6.10 Å². The molecule has 2 atom stereocenters. The van der Waals surface area contributed by atoms with Crippen molar-refractivity contribution >= 4 is 17.5 Å². The number of halogens is 1. The molecule has 1 fully saturated rings. The van der Waals surface area contributed by atoms with E-state index in [-0.39, 0.29) is 17.4 Å². The monoisotopic (exact) mass is 338 g/mol. The van der Waals surface area contributed by atoms with Gasteiger partial charge < -0.3 is 15.4 Å². The van der Waals surface area contributed by atoms with Crippen LogP contribution in [0.25, 0.3) is 0 Å². The molecule has 0 radical (unpaired) electrons. The molecule has 4 nitrogen and oxygen atoms in total. The maximum Gasteiger partial charge on any atom is 0.243 e. The molecule has 1 saturated carbocycles. The highest BCUT2D eigenvalue weighted by atomic mass is 35.5. The van der Waals surface area contributed by atoms with Gasteiger partial charge in [-0.25, -0.2) is 0 Å². The van der Waals surface area contributed by atoms with E-state index in [1.54, 1.807) is 4.90 Å². The molecule has 2 rings (SSSR count). The van der Waals surface area contributed by atoms with Crippen molar-refractivity contribution in [3.05, 3.63) is 34.9 Å². The second kappa shape index (κ2) is 6.80. The van der Waals surface area contributed by atoms with Crippen molar-refractivity contribution in [2.75, 3.05) is 13.2 Å². The Morgan fingerprint density at radius 1 is 1.43 bits per heavy atom. The number of likely N-dealkylation sites (N-methyl/N-ethyl adjacent to an activating group) is 1. The van der Waals surface area contributed by atoms with Gasteiger partial charge in [0.15, 0.2) is 0 Å². The first kappa shape index (κ1) is 18.2. The minimum absolute atomic E-state index is 0.0130. The highest BCUT2D eigenvalue weighted by molar-refractivity contribution is 6.30. The summed E-state index contributed by atoms with van der Waals surface area (Å²) in [6.45, 7) is 9.73. The van der Waals surface area contributed by atoms with Gasteiger partial charge >= 0.3 is 0 Å². The van der Waals surface area contributed by atoms with Crippen LogP contribution in [0, 0.1) is 5.41 Å². The van der Waals surface area contributed by atoms with E-state index in [1.807, 2.05) is 52.0 Å². The van der Waals surface area contributed by atoms with Gasteiger partial charge in [-0.1, -0.05) is 37.6 Å². The fourth-order valence-electron chi connectivity index (χ4n) is 3.26. The molecule has 1 aromatic carbocycles. The Bertz CT molecular complexity index is 576. The number of carbonyl (C=O) groups excluding carboxylic acids is 1. The van der Waals surface area contributed by atoms with Crippen molar-refractivity contribution in [3.8, 4) is 0 Å². The average molecular weight is 339 g/mol. The fraction of sp³-hybridized carbons (Fsp3) is 0.611. The van der Waals surface area contributed by atoms with Crippen LogP contribution < -0.4 is 5.73 Å². The summed E-state index contributed by atoms with van der Waals surface area (Å²) in [5.41, 5.74) is 6.27. The molecule has 0 aromatic heterocycles. The minimum atomic E-state index is -0.874. The third-order valence-electron chi connectivity index (χ3n) is 5.14.